The Morgan fingerprint density at radius 2 is 1.23 bits per heavy atom. The van der Waals surface area contributed by atoms with Gasteiger partial charge in [-0.25, -0.2) is 0 Å². The second-order valence-corrected chi connectivity index (χ2v) is 8.23. The van der Waals surface area contributed by atoms with Crippen LogP contribution in [0.15, 0.2) is 0 Å². The summed E-state index contributed by atoms with van der Waals surface area (Å²) in [6, 6.07) is 0. The van der Waals surface area contributed by atoms with Gasteiger partial charge in [0, 0.05) is 0 Å². The van der Waals surface area contributed by atoms with Gasteiger partial charge in [-0.2, -0.15) is 0 Å². The van der Waals surface area contributed by atoms with E-state index in [4.69, 9.17) is 9.47 Å². The number of carbonyl (C=O) groups excluding carboxylic acids is 2. The van der Waals surface area contributed by atoms with Crippen molar-refractivity contribution in [3.63, 3.8) is 0 Å². The Morgan fingerprint density at radius 3 is 1.54 bits per heavy atom. The lowest BCUT2D eigenvalue weighted by Crippen LogP contribution is -2.35. The molecule has 0 spiro atoms. The molecule has 0 aromatic heterocycles. The van der Waals surface area contributed by atoms with Gasteiger partial charge < -0.3 is 14.6 Å². The Hall–Kier alpha value is -1.10. The molecule has 0 radical (unpaired) electrons. The monoisotopic (exact) mass is 368 g/mol. The minimum absolute atomic E-state index is 0.0445. The SMILES string of the molecule is CCC(O)CC(C1CCC(C(=O)OC)CC1)C1CCC(C(=O)OC)CC1. The van der Waals surface area contributed by atoms with Crippen molar-refractivity contribution in [1.82, 2.24) is 0 Å². The zero-order chi connectivity index (χ0) is 19.1. The van der Waals surface area contributed by atoms with Gasteiger partial charge >= 0.3 is 11.9 Å². The molecule has 2 saturated carbocycles. The molecule has 5 nitrogen and oxygen atoms in total. The molecule has 0 saturated heterocycles. The second kappa shape index (κ2) is 10.3. The predicted molar refractivity (Wildman–Crippen MR) is 99.3 cm³/mol. The highest BCUT2D eigenvalue weighted by Crippen LogP contribution is 2.44. The van der Waals surface area contributed by atoms with Crippen molar-refractivity contribution in [3.05, 3.63) is 0 Å². The average Bonchev–Trinajstić information content (AvgIpc) is 2.70. The molecule has 0 heterocycles. The lowest BCUT2D eigenvalue weighted by molar-refractivity contribution is -0.147. The Labute approximate surface area is 157 Å². The highest BCUT2D eigenvalue weighted by Gasteiger charge is 2.38. The second-order valence-electron chi connectivity index (χ2n) is 8.23. The van der Waals surface area contributed by atoms with E-state index in [1.165, 1.54) is 14.2 Å². The minimum Gasteiger partial charge on any atom is -0.469 e. The molecular weight excluding hydrogens is 332 g/mol. The quantitative estimate of drug-likeness (QED) is 0.693. The first-order valence-electron chi connectivity index (χ1n) is 10.3. The number of methoxy groups -OCH3 is 2. The Kier molecular flexibility index (Phi) is 8.39. The van der Waals surface area contributed by atoms with Crippen LogP contribution in [0.25, 0.3) is 0 Å². The van der Waals surface area contributed by atoms with Crippen molar-refractivity contribution in [2.24, 2.45) is 29.6 Å². The van der Waals surface area contributed by atoms with Gasteiger partial charge in [-0.1, -0.05) is 6.92 Å². The summed E-state index contributed by atoms with van der Waals surface area (Å²) in [4.78, 5) is 23.6. The first-order chi connectivity index (χ1) is 12.5. The summed E-state index contributed by atoms with van der Waals surface area (Å²) in [5.41, 5.74) is 0. The Morgan fingerprint density at radius 1 is 0.846 bits per heavy atom. The first-order valence-corrected chi connectivity index (χ1v) is 10.3. The number of ether oxygens (including phenoxy) is 2. The van der Waals surface area contributed by atoms with Crippen LogP contribution >= 0.6 is 0 Å². The van der Waals surface area contributed by atoms with E-state index < -0.39 is 0 Å². The Bertz CT molecular complexity index is 411. The molecule has 1 N–H and O–H groups in total. The maximum Gasteiger partial charge on any atom is 0.308 e. The zero-order valence-electron chi connectivity index (χ0n) is 16.6. The van der Waals surface area contributed by atoms with Gasteiger partial charge in [-0.05, 0) is 82.0 Å². The molecule has 2 rings (SSSR count). The molecule has 0 aromatic carbocycles. The lowest BCUT2D eigenvalue weighted by Gasteiger charge is -2.41. The van der Waals surface area contributed by atoms with Crippen molar-refractivity contribution in [1.29, 1.82) is 0 Å². The minimum atomic E-state index is -0.253. The molecule has 150 valence electrons. The zero-order valence-corrected chi connectivity index (χ0v) is 16.6. The molecule has 0 bridgehead atoms. The molecule has 2 aliphatic carbocycles. The summed E-state index contributed by atoms with van der Waals surface area (Å²) in [5, 5.41) is 10.3. The smallest absolute Gasteiger partial charge is 0.308 e. The third-order valence-corrected chi connectivity index (χ3v) is 6.84. The number of rotatable bonds is 7. The van der Waals surface area contributed by atoms with Gasteiger partial charge in [0.1, 0.15) is 0 Å². The van der Waals surface area contributed by atoms with E-state index in [0.717, 1.165) is 64.2 Å². The maximum absolute atomic E-state index is 11.8. The third-order valence-electron chi connectivity index (χ3n) is 6.84. The van der Waals surface area contributed by atoms with E-state index in [9.17, 15) is 14.7 Å². The fourth-order valence-electron chi connectivity index (χ4n) is 5.15. The van der Waals surface area contributed by atoms with Crippen molar-refractivity contribution >= 4 is 11.9 Å². The number of hydrogen-bond acceptors (Lipinski definition) is 5. The lowest BCUT2D eigenvalue weighted by atomic mass is 9.65. The van der Waals surface area contributed by atoms with Crippen LogP contribution < -0.4 is 0 Å². The van der Waals surface area contributed by atoms with E-state index in [2.05, 4.69) is 0 Å². The molecule has 1 unspecified atom stereocenters. The maximum atomic E-state index is 11.8. The molecule has 0 amide bonds. The molecule has 2 aliphatic rings. The van der Waals surface area contributed by atoms with E-state index in [0.29, 0.717) is 17.8 Å². The van der Waals surface area contributed by atoms with Gasteiger partial charge in [0.05, 0.1) is 32.2 Å². The third kappa shape index (κ3) is 5.45. The van der Waals surface area contributed by atoms with Gasteiger partial charge in [-0.3, -0.25) is 9.59 Å². The molecule has 0 aliphatic heterocycles. The summed E-state index contributed by atoms with van der Waals surface area (Å²) in [7, 11) is 2.93. The van der Waals surface area contributed by atoms with Crippen LogP contribution in [0, 0.1) is 29.6 Å². The van der Waals surface area contributed by atoms with E-state index in [-0.39, 0.29) is 29.9 Å². The van der Waals surface area contributed by atoms with E-state index >= 15 is 0 Å². The Balaban J connectivity index is 1.96. The summed E-state index contributed by atoms with van der Waals surface area (Å²) in [6.07, 6.45) is 9.12. The van der Waals surface area contributed by atoms with Crippen LogP contribution in [0.3, 0.4) is 0 Å². The number of carbonyl (C=O) groups is 2. The standard InChI is InChI=1S/C21H36O5/c1-4-18(22)13-19(14-5-9-16(10-6-14)20(23)25-2)15-7-11-17(12-8-15)21(24)26-3/h14-19,22H,4-13H2,1-3H3. The molecule has 0 aromatic rings. The van der Waals surface area contributed by atoms with Gasteiger partial charge in [0.25, 0.3) is 0 Å². The first kappa shape index (κ1) is 21.2. The van der Waals surface area contributed by atoms with Gasteiger partial charge in [-0.15, -0.1) is 0 Å². The van der Waals surface area contributed by atoms with Crippen LogP contribution in [0.1, 0.15) is 71.1 Å². The average molecular weight is 369 g/mol. The van der Waals surface area contributed by atoms with E-state index in [1.807, 2.05) is 6.92 Å². The summed E-state index contributed by atoms with van der Waals surface area (Å²) < 4.78 is 9.81. The van der Waals surface area contributed by atoms with Gasteiger partial charge in [0.2, 0.25) is 0 Å². The van der Waals surface area contributed by atoms with Gasteiger partial charge in [0.15, 0.2) is 0 Å². The van der Waals surface area contributed by atoms with Crippen LogP contribution in [0.5, 0.6) is 0 Å². The number of aliphatic hydroxyl groups excluding tert-OH is 1. The highest BCUT2D eigenvalue weighted by atomic mass is 16.5. The summed E-state index contributed by atoms with van der Waals surface area (Å²) in [6.45, 7) is 2.03. The van der Waals surface area contributed by atoms with Crippen molar-refractivity contribution < 1.29 is 24.2 Å². The predicted octanol–water partition coefficient (Wildman–Crippen LogP) is 3.72. The fourth-order valence-corrected chi connectivity index (χ4v) is 5.15. The molecular formula is C21H36O5. The number of aliphatic hydroxyl groups is 1. The molecule has 26 heavy (non-hydrogen) atoms. The fraction of sp³-hybridized carbons (Fsp3) is 0.905. The normalized spacial score (nSPS) is 31.7. The highest BCUT2D eigenvalue weighted by molar-refractivity contribution is 5.72. The molecule has 5 heteroatoms. The van der Waals surface area contributed by atoms with E-state index in [1.54, 1.807) is 0 Å². The molecule has 1 atom stereocenters. The van der Waals surface area contributed by atoms with Crippen LogP contribution in [-0.4, -0.2) is 37.4 Å². The topological polar surface area (TPSA) is 72.8 Å². The van der Waals surface area contributed by atoms with Crippen molar-refractivity contribution in [3.8, 4) is 0 Å². The van der Waals surface area contributed by atoms with Crippen molar-refractivity contribution in [2.45, 2.75) is 77.2 Å². The summed E-state index contributed by atoms with van der Waals surface area (Å²) >= 11 is 0. The number of hydrogen-bond donors (Lipinski definition) is 1. The van der Waals surface area contributed by atoms with Crippen LogP contribution in [-0.2, 0) is 19.1 Å². The summed E-state index contributed by atoms with van der Waals surface area (Å²) in [5.74, 6) is 1.56. The molecule has 2 fully saturated rings. The van der Waals surface area contributed by atoms with Crippen LogP contribution in [0.2, 0.25) is 0 Å². The largest absolute Gasteiger partial charge is 0.469 e. The van der Waals surface area contributed by atoms with Crippen molar-refractivity contribution in [2.75, 3.05) is 14.2 Å². The number of esters is 2. The van der Waals surface area contributed by atoms with Crippen LogP contribution in [0.4, 0.5) is 0 Å².